The van der Waals surface area contributed by atoms with Crippen LogP contribution < -0.4 is 0 Å². The van der Waals surface area contributed by atoms with Gasteiger partial charge in [0.2, 0.25) is 5.91 Å². The van der Waals surface area contributed by atoms with Crippen LogP contribution in [0.2, 0.25) is 0 Å². The van der Waals surface area contributed by atoms with E-state index in [0.717, 1.165) is 51.5 Å². The van der Waals surface area contributed by atoms with Gasteiger partial charge < -0.3 is 14.5 Å². The molecule has 5 nitrogen and oxygen atoms in total. The Bertz CT molecular complexity index is 426. The van der Waals surface area contributed by atoms with Crippen LogP contribution in [0.5, 0.6) is 0 Å². The molecule has 2 atom stereocenters. The Morgan fingerprint density at radius 2 is 1.74 bits per heavy atom. The molecule has 0 saturated carbocycles. The quantitative estimate of drug-likeness (QED) is 0.800. The fraction of sp³-hybridized carbons (Fsp3) is 0.889. The molecule has 5 heteroatoms. The van der Waals surface area contributed by atoms with Crippen molar-refractivity contribution in [2.75, 3.05) is 26.2 Å². The van der Waals surface area contributed by atoms with Crippen LogP contribution in [0.4, 0.5) is 0 Å². The number of carbonyl (C=O) groups excluding carboxylic acids is 2. The van der Waals surface area contributed by atoms with Gasteiger partial charge in [0.25, 0.3) is 5.91 Å². The molecule has 3 aliphatic rings. The third kappa shape index (κ3) is 3.70. The van der Waals surface area contributed by atoms with Gasteiger partial charge >= 0.3 is 0 Å². The number of nitrogens with zero attached hydrogens (tertiary/aromatic N) is 2. The molecule has 130 valence electrons. The van der Waals surface area contributed by atoms with Crippen LogP contribution in [-0.2, 0) is 14.3 Å². The van der Waals surface area contributed by atoms with Gasteiger partial charge in [-0.05, 0) is 51.4 Å². The minimum absolute atomic E-state index is 0.107. The molecule has 3 aliphatic heterocycles. The van der Waals surface area contributed by atoms with Crippen molar-refractivity contribution >= 4 is 11.8 Å². The molecule has 0 aliphatic carbocycles. The summed E-state index contributed by atoms with van der Waals surface area (Å²) in [6, 6.07) is 0.433. The number of amides is 2. The van der Waals surface area contributed by atoms with E-state index in [1.165, 1.54) is 6.42 Å². The highest BCUT2D eigenvalue weighted by atomic mass is 16.5. The molecule has 0 bridgehead atoms. The van der Waals surface area contributed by atoms with Gasteiger partial charge in [-0.25, -0.2) is 0 Å². The minimum Gasteiger partial charge on any atom is -0.368 e. The molecule has 2 amide bonds. The van der Waals surface area contributed by atoms with E-state index in [1.54, 1.807) is 0 Å². The monoisotopic (exact) mass is 322 g/mol. The molecule has 0 radical (unpaired) electrons. The van der Waals surface area contributed by atoms with E-state index in [4.69, 9.17) is 4.74 Å². The number of hydrogen-bond donors (Lipinski definition) is 0. The van der Waals surface area contributed by atoms with Crippen molar-refractivity contribution < 1.29 is 14.3 Å². The lowest BCUT2D eigenvalue weighted by Crippen LogP contribution is -2.50. The van der Waals surface area contributed by atoms with Crippen molar-refractivity contribution in [3.05, 3.63) is 0 Å². The lowest BCUT2D eigenvalue weighted by molar-refractivity contribution is -0.147. The normalized spacial score (nSPS) is 29.8. The molecule has 3 fully saturated rings. The largest absolute Gasteiger partial charge is 0.368 e. The summed E-state index contributed by atoms with van der Waals surface area (Å²) in [5, 5.41) is 0. The maximum atomic E-state index is 12.9. The summed E-state index contributed by atoms with van der Waals surface area (Å²) in [7, 11) is 0. The third-order valence-corrected chi connectivity index (χ3v) is 5.74. The zero-order valence-electron chi connectivity index (χ0n) is 14.3. The number of piperidine rings is 2. The minimum atomic E-state index is -0.228. The first-order valence-corrected chi connectivity index (χ1v) is 9.41. The van der Waals surface area contributed by atoms with E-state index >= 15 is 0 Å². The van der Waals surface area contributed by atoms with Gasteiger partial charge in [0.15, 0.2) is 0 Å². The summed E-state index contributed by atoms with van der Waals surface area (Å²) < 4.78 is 5.50. The third-order valence-electron chi connectivity index (χ3n) is 5.74. The maximum absolute atomic E-state index is 12.9. The molecule has 3 rings (SSSR count). The summed E-state index contributed by atoms with van der Waals surface area (Å²) in [5.41, 5.74) is 0. The number of rotatable bonds is 3. The average Bonchev–Trinajstić information content (AvgIpc) is 3.15. The Balaban J connectivity index is 1.51. The topological polar surface area (TPSA) is 49.9 Å². The Labute approximate surface area is 139 Å². The van der Waals surface area contributed by atoms with E-state index in [2.05, 4.69) is 11.8 Å². The van der Waals surface area contributed by atoms with Crippen LogP contribution >= 0.6 is 0 Å². The summed E-state index contributed by atoms with van der Waals surface area (Å²) in [6.07, 6.45) is 7.82. The Kier molecular flexibility index (Phi) is 5.57. The standard InChI is InChI=1S/C18H30N2O3/c1-2-15-6-3-4-10-20(15)17(21)14-8-11-19(12-9-14)18(22)16-7-5-13-23-16/h14-16H,2-13H2,1H3. The molecule has 0 aromatic rings. The molecule has 0 aromatic carbocycles. The summed E-state index contributed by atoms with van der Waals surface area (Å²) in [4.78, 5) is 29.3. The molecule has 3 saturated heterocycles. The smallest absolute Gasteiger partial charge is 0.251 e. The van der Waals surface area contributed by atoms with Gasteiger partial charge in [0, 0.05) is 38.2 Å². The van der Waals surface area contributed by atoms with Gasteiger partial charge in [-0.2, -0.15) is 0 Å². The molecule has 2 unspecified atom stereocenters. The Hall–Kier alpha value is -1.10. The first-order valence-electron chi connectivity index (χ1n) is 9.41. The predicted octanol–water partition coefficient (Wildman–Crippen LogP) is 2.20. The first-order chi connectivity index (χ1) is 11.2. The van der Waals surface area contributed by atoms with Crippen LogP contribution in [0.25, 0.3) is 0 Å². The maximum Gasteiger partial charge on any atom is 0.251 e. The van der Waals surface area contributed by atoms with Gasteiger partial charge in [0.05, 0.1) is 0 Å². The van der Waals surface area contributed by atoms with Gasteiger partial charge in [-0.15, -0.1) is 0 Å². The molecular formula is C18H30N2O3. The second-order valence-electron chi connectivity index (χ2n) is 7.19. The van der Waals surface area contributed by atoms with Crippen molar-refractivity contribution in [2.45, 2.75) is 70.4 Å². The molecule has 3 heterocycles. The second kappa shape index (κ2) is 7.65. The number of ether oxygens (including phenoxy) is 1. The van der Waals surface area contributed by atoms with Crippen LogP contribution in [0, 0.1) is 5.92 Å². The number of carbonyl (C=O) groups is 2. The first kappa shape index (κ1) is 16.7. The zero-order chi connectivity index (χ0) is 16.2. The lowest BCUT2D eigenvalue weighted by Gasteiger charge is -2.40. The molecular weight excluding hydrogens is 292 g/mol. The molecule has 0 spiro atoms. The van der Waals surface area contributed by atoms with Crippen molar-refractivity contribution in [1.82, 2.24) is 9.80 Å². The molecule has 23 heavy (non-hydrogen) atoms. The Morgan fingerprint density at radius 3 is 2.39 bits per heavy atom. The van der Waals surface area contributed by atoms with Gasteiger partial charge in [0.1, 0.15) is 6.10 Å². The SMILES string of the molecule is CCC1CCCCN1C(=O)C1CCN(C(=O)C2CCCO2)CC1. The molecule has 0 N–H and O–H groups in total. The summed E-state index contributed by atoms with van der Waals surface area (Å²) in [6.45, 7) is 5.23. The van der Waals surface area contributed by atoms with Gasteiger partial charge in [-0.1, -0.05) is 6.92 Å². The zero-order valence-corrected chi connectivity index (χ0v) is 14.3. The number of likely N-dealkylation sites (tertiary alicyclic amines) is 2. The van der Waals surface area contributed by atoms with Crippen LogP contribution in [0.3, 0.4) is 0 Å². The highest BCUT2D eigenvalue weighted by molar-refractivity contribution is 5.82. The second-order valence-corrected chi connectivity index (χ2v) is 7.19. The van der Waals surface area contributed by atoms with E-state index in [-0.39, 0.29) is 17.9 Å². The summed E-state index contributed by atoms with van der Waals surface area (Å²) >= 11 is 0. The van der Waals surface area contributed by atoms with E-state index < -0.39 is 0 Å². The van der Waals surface area contributed by atoms with Crippen molar-refractivity contribution in [2.24, 2.45) is 5.92 Å². The highest BCUT2D eigenvalue weighted by Gasteiger charge is 2.35. The van der Waals surface area contributed by atoms with Crippen LogP contribution in [0.1, 0.15) is 58.3 Å². The van der Waals surface area contributed by atoms with E-state index in [9.17, 15) is 9.59 Å². The van der Waals surface area contributed by atoms with E-state index in [1.807, 2.05) is 4.90 Å². The molecule has 0 aromatic heterocycles. The van der Waals surface area contributed by atoms with Crippen molar-refractivity contribution in [3.63, 3.8) is 0 Å². The number of hydrogen-bond acceptors (Lipinski definition) is 3. The highest BCUT2D eigenvalue weighted by Crippen LogP contribution is 2.27. The predicted molar refractivity (Wildman–Crippen MR) is 87.9 cm³/mol. The van der Waals surface area contributed by atoms with E-state index in [0.29, 0.717) is 31.6 Å². The average molecular weight is 322 g/mol. The fourth-order valence-corrected chi connectivity index (χ4v) is 4.27. The Morgan fingerprint density at radius 1 is 0.957 bits per heavy atom. The van der Waals surface area contributed by atoms with Crippen LogP contribution in [0.15, 0.2) is 0 Å². The van der Waals surface area contributed by atoms with Crippen molar-refractivity contribution in [1.29, 1.82) is 0 Å². The van der Waals surface area contributed by atoms with Crippen molar-refractivity contribution in [3.8, 4) is 0 Å². The lowest BCUT2D eigenvalue weighted by atomic mass is 9.91. The van der Waals surface area contributed by atoms with Crippen LogP contribution in [-0.4, -0.2) is 60.0 Å². The fourth-order valence-electron chi connectivity index (χ4n) is 4.27. The van der Waals surface area contributed by atoms with Gasteiger partial charge in [-0.3, -0.25) is 9.59 Å². The summed E-state index contributed by atoms with van der Waals surface area (Å²) in [5.74, 6) is 0.578.